The van der Waals surface area contributed by atoms with E-state index < -0.39 is 10.8 Å². The lowest BCUT2D eigenvalue weighted by molar-refractivity contribution is -0.115. The topological polar surface area (TPSA) is 90.0 Å². The quantitative estimate of drug-likeness (QED) is 0.467. The maximum absolute atomic E-state index is 12.3. The number of carbonyl (C=O) groups is 1. The molecule has 1 amide bonds. The smallest absolute Gasteiger partial charge is 0.275 e. The van der Waals surface area contributed by atoms with Crippen LogP contribution in [0.5, 0.6) is 0 Å². The van der Waals surface area contributed by atoms with Crippen molar-refractivity contribution in [1.82, 2.24) is 9.55 Å². The summed E-state index contributed by atoms with van der Waals surface area (Å²) in [5.74, 6) is 0.0619. The van der Waals surface area contributed by atoms with E-state index in [2.05, 4.69) is 16.9 Å². The standard InChI is InChI=1S/C16H17ClN4O2S/c1-3-8-21-13(18)9-14(22)20-16(21)24-10(2)15(23)19-12-6-4-11(17)5-7-12/h3-7,9-10H,1,8,18H2,2H3,(H,19,23)/t10-/m0/s1. The number of rotatable bonds is 6. The van der Waals surface area contributed by atoms with E-state index in [-0.39, 0.29) is 11.7 Å². The molecule has 0 spiro atoms. The molecule has 24 heavy (non-hydrogen) atoms. The third kappa shape index (κ3) is 4.62. The van der Waals surface area contributed by atoms with Gasteiger partial charge in [-0.15, -0.1) is 6.58 Å². The fourth-order valence-corrected chi connectivity index (χ4v) is 2.95. The molecule has 0 unspecified atom stereocenters. The Morgan fingerprint density at radius 1 is 1.50 bits per heavy atom. The number of nitrogens with one attached hydrogen (secondary N) is 1. The van der Waals surface area contributed by atoms with E-state index >= 15 is 0 Å². The summed E-state index contributed by atoms with van der Waals surface area (Å²) in [5, 5.41) is 3.27. The lowest BCUT2D eigenvalue weighted by Gasteiger charge is -2.16. The van der Waals surface area contributed by atoms with Crippen molar-refractivity contribution in [2.45, 2.75) is 23.9 Å². The van der Waals surface area contributed by atoms with Crippen molar-refractivity contribution in [3.63, 3.8) is 0 Å². The van der Waals surface area contributed by atoms with Crippen LogP contribution in [0.3, 0.4) is 0 Å². The zero-order valence-corrected chi connectivity index (χ0v) is 14.6. The third-order valence-corrected chi connectivity index (χ3v) is 4.44. The normalized spacial score (nSPS) is 11.8. The summed E-state index contributed by atoms with van der Waals surface area (Å²) in [7, 11) is 0. The molecule has 6 nitrogen and oxygen atoms in total. The Hall–Kier alpha value is -2.25. The lowest BCUT2D eigenvalue weighted by Crippen LogP contribution is -2.25. The second-order valence-corrected chi connectivity index (χ2v) is 6.70. The fourth-order valence-electron chi connectivity index (χ4n) is 1.89. The molecule has 0 bridgehead atoms. The summed E-state index contributed by atoms with van der Waals surface area (Å²) >= 11 is 6.97. The van der Waals surface area contributed by atoms with Crippen molar-refractivity contribution in [1.29, 1.82) is 0 Å². The van der Waals surface area contributed by atoms with Crippen molar-refractivity contribution in [3.05, 3.63) is 58.4 Å². The van der Waals surface area contributed by atoms with Gasteiger partial charge in [0.05, 0.1) is 5.25 Å². The summed E-state index contributed by atoms with van der Waals surface area (Å²) in [6.07, 6.45) is 1.64. The highest BCUT2D eigenvalue weighted by Crippen LogP contribution is 2.23. The summed E-state index contributed by atoms with van der Waals surface area (Å²) < 4.78 is 1.63. The van der Waals surface area contributed by atoms with Crippen molar-refractivity contribution in [2.75, 3.05) is 11.1 Å². The minimum atomic E-state index is -0.481. The summed E-state index contributed by atoms with van der Waals surface area (Å²) in [6, 6.07) is 8.05. The third-order valence-electron chi connectivity index (χ3n) is 3.09. The van der Waals surface area contributed by atoms with Crippen LogP contribution in [0, 0.1) is 0 Å². The number of anilines is 2. The van der Waals surface area contributed by atoms with Crippen LogP contribution < -0.4 is 16.6 Å². The molecule has 0 aliphatic heterocycles. The molecule has 1 heterocycles. The number of hydrogen-bond acceptors (Lipinski definition) is 5. The molecule has 0 radical (unpaired) electrons. The molecule has 2 rings (SSSR count). The molecule has 1 atom stereocenters. The summed E-state index contributed by atoms with van der Waals surface area (Å²) in [4.78, 5) is 27.8. The lowest BCUT2D eigenvalue weighted by atomic mass is 10.3. The molecule has 1 aromatic heterocycles. The molecule has 0 fully saturated rings. The van der Waals surface area contributed by atoms with Crippen LogP contribution >= 0.6 is 23.4 Å². The Bertz CT molecular complexity index is 805. The van der Waals surface area contributed by atoms with E-state index in [0.717, 1.165) is 11.8 Å². The van der Waals surface area contributed by atoms with Crippen LogP contribution in [-0.2, 0) is 11.3 Å². The molecule has 0 saturated carbocycles. The van der Waals surface area contributed by atoms with Gasteiger partial charge in [0, 0.05) is 23.3 Å². The first-order valence-electron chi connectivity index (χ1n) is 7.12. The van der Waals surface area contributed by atoms with Crippen molar-refractivity contribution in [2.24, 2.45) is 0 Å². The van der Waals surface area contributed by atoms with E-state index in [4.69, 9.17) is 17.3 Å². The Balaban J connectivity index is 2.15. The largest absolute Gasteiger partial charge is 0.385 e. The highest BCUT2D eigenvalue weighted by molar-refractivity contribution is 8.00. The molecule has 0 aliphatic rings. The van der Waals surface area contributed by atoms with Gasteiger partial charge in [-0.05, 0) is 31.2 Å². The number of benzene rings is 1. The molecule has 2 aromatic rings. The van der Waals surface area contributed by atoms with Gasteiger partial charge in [-0.2, -0.15) is 4.98 Å². The Morgan fingerprint density at radius 3 is 2.79 bits per heavy atom. The average molecular weight is 365 g/mol. The number of halogens is 1. The van der Waals surface area contributed by atoms with E-state index in [1.54, 1.807) is 41.8 Å². The second-order valence-electron chi connectivity index (χ2n) is 4.96. The number of amides is 1. The number of aromatic nitrogens is 2. The summed E-state index contributed by atoms with van der Waals surface area (Å²) in [6.45, 7) is 5.78. The SMILES string of the molecule is C=CCn1c(N)cc(=O)nc1S[C@@H](C)C(=O)Nc1ccc(Cl)cc1. The van der Waals surface area contributed by atoms with Crippen LogP contribution in [0.1, 0.15) is 6.92 Å². The minimum Gasteiger partial charge on any atom is -0.385 e. The Labute approximate surface area is 148 Å². The molecule has 8 heteroatoms. The van der Waals surface area contributed by atoms with E-state index in [1.807, 2.05) is 0 Å². The number of nitrogen functional groups attached to an aromatic ring is 1. The van der Waals surface area contributed by atoms with E-state index in [0.29, 0.717) is 22.4 Å². The zero-order chi connectivity index (χ0) is 17.7. The predicted molar refractivity (Wildman–Crippen MR) is 98.5 cm³/mol. The van der Waals surface area contributed by atoms with Gasteiger partial charge in [0.1, 0.15) is 5.82 Å². The molecule has 1 aromatic carbocycles. The molecule has 0 aliphatic carbocycles. The van der Waals surface area contributed by atoms with Gasteiger partial charge in [0.2, 0.25) is 5.91 Å². The first-order valence-corrected chi connectivity index (χ1v) is 8.38. The Kier molecular flexibility index (Phi) is 6.05. The van der Waals surface area contributed by atoms with Gasteiger partial charge >= 0.3 is 0 Å². The van der Waals surface area contributed by atoms with Crippen molar-refractivity contribution >= 4 is 40.8 Å². The molecule has 0 saturated heterocycles. The minimum absolute atomic E-state index is 0.218. The number of allylic oxidation sites excluding steroid dienone is 1. The van der Waals surface area contributed by atoms with E-state index in [9.17, 15) is 9.59 Å². The van der Waals surface area contributed by atoms with Crippen molar-refractivity contribution in [3.8, 4) is 0 Å². The molecule has 126 valence electrons. The first-order chi connectivity index (χ1) is 11.4. The monoisotopic (exact) mass is 364 g/mol. The van der Waals surface area contributed by atoms with E-state index in [1.165, 1.54) is 6.07 Å². The van der Waals surface area contributed by atoms with Crippen molar-refractivity contribution < 1.29 is 4.79 Å². The van der Waals surface area contributed by atoms with Gasteiger partial charge in [0.25, 0.3) is 5.56 Å². The predicted octanol–water partition coefficient (Wildman–Crippen LogP) is 2.78. The molecular formula is C16H17ClN4O2S. The highest BCUT2D eigenvalue weighted by Gasteiger charge is 2.18. The van der Waals surface area contributed by atoms with Gasteiger partial charge in [-0.25, -0.2) is 0 Å². The zero-order valence-electron chi connectivity index (χ0n) is 13.0. The average Bonchev–Trinajstić information content (AvgIpc) is 2.52. The summed E-state index contributed by atoms with van der Waals surface area (Å²) in [5.41, 5.74) is 6.04. The number of nitrogens with zero attached hydrogens (tertiary/aromatic N) is 2. The maximum Gasteiger partial charge on any atom is 0.275 e. The van der Waals surface area contributed by atoms with Crippen LogP contribution in [0.2, 0.25) is 5.02 Å². The van der Waals surface area contributed by atoms with Crippen LogP contribution in [-0.4, -0.2) is 20.7 Å². The first kappa shape index (κ1) is 18.1. The van der Waals surface area contributed by atoms with Gasteiger partial charge in [-0.1, -0.05) is 29.4 Å². The molecular weight excluding hydrogens is 348 g/mol. The van der Waals surface area contributed by atoms with Crippen LogP contribution in [0.15, 0.2) is 52.9 Å². The van der Waals surface area contributed by atoms with Gasteiger partial charge < -0.3 is 15.6 Å². The number of thioether (sulfide) groups is 1. The number of hydrogen-bond donors (Lipinski definition) is 2. The highest BCUT2D eigenvalue weighted by atomic mass is 35.5. The van der Waals surface area contributed by atoms with Crippen LogP contribution in [0.25, 0.3) is 0 Å². The molecule has 3 N–H and O–H groups in total. The number of nitrogens with two attached hydrogens (primary N) is 1. The maximum atomic E-state index is 12.3. The van der Waals surface area contributed by atoms with Gasteiger partial charge in [0.15, 0.2) is 5.16 Å². The van der Waals surface area contributed by atoms with Crippen LogP contribution in [0.4, 0.5) is 11.5 Å². The fraction of sp³-hybridized carbons (Fsp3) is 0.188. The van der Waals surface area contributed by atoms with Gasteiger partial charge in [-0.3, -0.25) is 9.59 Å². The Morgan fingerprint density at radius 2 is 2.17 bits per heavy atom. The second kappa shape index (κ2) is 8.03. The number of carbonyl (C=O) groups excluding carboxylic acids is 1.